The van der Waals surface area contributed by atoms with E-state index in [1.807, 2.05) is 34.2 Å². The molecule has 0 bridgehead atoms. The Morgan fingerprint density at radius 2 is 2.07 bits per heavy atom. The monoisotopic (exact) mass is 393 g/mol. The average Bonchev–Trinajstić information content (AvgIpc) is 3.36. The van der Waals surface area contributed by atoms with E-state index in [0.29, 0.717) is 16.2 Å². The molecule has 0 atom stereocenters. The molecule has 7 nitrogen and oxygen atoms in total. The van der Waals surface area contributed by atoms with Crippen molar-refractivity contribution in [1.82, 2.24) is 19.9 Å². The highest BCUT2D eigenvalue weighted by Crippen LogP contribution is 2.30. The number of carbonyl (C=O) groups is 1. The first-order valence-electron chi connectivity index (χ1n) is 9.31. The molecule has 5 rings (SSSR count). The first-order chi connectivity index (χ1) is 13.7. The van der Waals surface area contributed by atoms with Gasteiger partial charge in [0.15, 0.2) is 0 Å². The van der Waals surface area contributed by atoms with Gasteiger partial charge in [0.2, 0.25) is 0 Å². The predicted molar refractivity (Wildman–Crippen MR) is 110 cm³/mol. The SMILES string of the molecule is O=C(Nc1cccc2nn3c(C4CCNCC4)cc(=O)[nH]c3c12)c1cccs1. The number of H-pyrrole nitrogens is 1. The maximum absolute atomic E-state index is 12.6. The summed E-state index contributed by atoms with van der Waals surface area (Å²) in [5.41, 5.74) is 2.78. The molecule has 1 aliphatic heterocycles. The van der Waals surface area contributed by atoms with Crippen LogP contribution in [0.25, 0.3) is 16.6 Å². The van der Waals surface area contributed by atoms with E-state index in [1.165, 1.54) is 11.3 Å². The summed E-state index contributed by atoms with van der Waals surface area (Å²) in [5, 5.41) is 13.7. The molecule has 1 aliphatic rings. The topological polar surface area (TPSA) is 91.3 Å². The number of thiophene rings is 1. The molecular formula is C20H19N5O2S. The Labute approximate surface area is 164 Å². The first-order valence-corrected chi connectivity index (χ1v) is 10.2. The molecule has 1 amide bonds. The highest BCUT2D eigenvalue weighted by Gasteiger charge is 2.22. The van der Waals surface area contributed by atoms with Crippen molar-refractivity contribution in [1.29, 1.82) is 0 Å². The summed E-state index contributed by atoms with van der Waals surface area (Å²) in [5.74, 6) is 0.114. The highest BCUT2D eigenvalue weighted by atomic mass is 32.1. The summed E-state index contributed by atoms with van der Waals surface area (Å²) < 4.78 is 1.84. The van der Waals surface area contributed by atoms with Crippen molar-refractivity contribution in [2.45, 2.75) is 18.8 Å². The molecule has 1 aromatic carbocycles. The Morgan fingerprint density at radius 1 is 1.21 bits per heavy atom. The van der Waals surface area contributed by atoms with Gasteiger partial charge >= 0.3 is 0 Å². The van der Waals surface area contributed by atoms with Gasteiger partial charge in [-0.3, -0.25) is 9.59 Å². The minimum atomic E-state index is -0.168. The van der Waals surface area contributed by atoms with Crippen LogP contribution in [-0.2, 0) is 0 Å². The number of piperidine rings is 1. The molecule has 3 N–H and O–H groups in total. The van der Waals surface area contributed by atoms with Crippen LogP contribution in [0.3, 0.4) is 0 Å². The van der Waals surface area contributed by atoms with Gasteiger partial charge in [-0.1, -0.05) is 12.1 Å². The molecule has 0 aliphatic carbocycles. The standard InChI is InChI=1S/C20H19N5O2S/c26-17-11-15(12-6-8-21-9-7-12)25-19(23-17)18-13(3-1-4-14(18)24-25)22-20(27)16-5-2-10-28-16/h1-5,10-12,21H,6-9H2,(H,22,27)(H,23,26). The normalized spacial score (nSPS) is 15.3. The van der Waals surface area contributed by atoms with Crippen molar-refractivity contribution in [3.05, 3.63) is 62.7 Å². The van der Waals surface area contributed by atoms with Crippen LogP contribution in [0.2, 0.25) is 0 Å². The van der Waals surface area contributed by atoms with Crippen molar-refractivity contribution in [3.63, 3.8) is 0 Å². The molecule has 142 valence electrons. The van der Waals surface area contributed by atoms with E-state index in [4.69, 9.17) is 5.10 Å². The van der Waals surface area contributed by atoms with Crippen molar-refractivity contribution in [2.75, 3.05) is 18.4 Å². The fraction of sp³-hybridized carbons (Fsp3) is 0.250. The van der Waals surface area contributed by atoms with Crippen LogP contribution in [0.4, 0.5) is 5.69 Å². The lowest BCUT2D eigenvalue weighted by Crippen LogP contribution is -2.28. The van der Waals surface area contributed by atoms with Crippen molar-refractivity contribution in [3.8, 4) is 0 Å². The number of rotatable bonds is 3. The Balaban J connectivity index is 1.67. The van der Waals surface area contributed by atoms with Crippen LogP contribution in [0.15, 0.2) is 46.6 Å². The number of anilines is 1. The summed E-state index contributed by atoms with van der Waals surface area (Å²) in [6.07, 6.45) is 1.94. The molecule has 1 saturated heterocycles. The van der Waals surface area contributed by atoms with Crippen LogP contribution in [0, 0.1) is 0 Å². The number of aromatic amines is 1. The minimum Gasteiger partial charge on any atom is -0.321 e. The number of hydrogen-bond acceptors (Lipinski definition) is 5. The molecule has 4 aromatic rings. The maximum Gasteiger partial charge on any atom is 0.265 e. The smallest absolute Gasteiger partial charge is 0.265 e. The first kappa shape index (κ1) is 17.2. The number of benzene rings is 1. The van der Waals surface area contributed by atoms with Gasteiger partial charge in [0.05, 0.1) is 27.2 Å². The molecule has 0 spiro atoms. The molecule has 8 heteroatoms. The van der Waals surface area contributed by atoms with Gasteiger partial charge in [-0.2, -0.15) is 5.10 Å². The third kappa shape index (κ3) is 2.90. The van der Waals surface area contributed by atoms with Gasteiger partial charge in [0.25, 0.3) is 11.5 Å². The van der Waals surface area contributed by atoms with Crippen molar-refractivity contribution in [2.24, 2.45) is 0 Å². The van der Waals surface area contributed by atoms with Gasteiger partial charge in [0.1, 0.15) is 5.65 Å². The largest absolute Gasteiger partial charge is 0.321 e. The van der Waals surface area contributed by atoms with Crippen LogP contribution in [0.5, 0.6) is 0 Å². The van der Waals surface area contributed by atoms with Gasteiger partial charge in [-0.05, 0) is 49.5 Å². The number of carbonyl (C=O) groups excluding carboxylic acids is 1. The molecule has 0 saturated carbocycles. The van der Waals surface area contributed by atoms with Crippen molar-refractivity contribution >= 4 is 39.5 Å². The summed E-state index contributed by atoms with van der Waals surface area (Å²) in [4.78, 5) is 28.5. The van der Waals surface area contributed by atoms with E-state index in [2.05, 4.69) is 15.6 Å². The number of nitrogens with zero attached hydrogens (tertiary/aromatic N) is 2. The highest BCUT2D eigenvalue weighted by molar-refractivity contribution is 7.12. The second kappa shape index (κ2) is 6.88. The molecule has 28 heavy (non-hydrogen) atoms. The number of nitrogens with one attached hydrogen (secondary N) is 3. The zero-order chi connectivity index (χ0) is 19.1. The van der Waals surface area contributed by atoms with Gasteiger partial charge in [0, 0.05) is 12.0 Å². The molecular weight excluding hydrogens is 374 g/mol. The number of fused-ring (bicyclic) bond motifs is 3. The van der Waals surface area contributed by atoms with E-state index >= 15 is 0 Å². The average molecular weight is 393 g/mol. The third-order valence-corrected chi connectivity index (χ3v) is 6.08. The summed E-state index contributed by atoms with van der Waals surface area (Å²) in [7, 11) is 0. The van der Waals surface area contributed by atoms with E-state index in [1.54, 1.807) is 12.1 Å². The van der Waals surface area contributed by atoms with E-state index in [9.17, 15) is 9.59 Å². The quantitative estimate of drug-likeness (QED) is 0.499. The van der Waals surface area contributed by atoms with Gasteiger partial charge in [-0.15, -0.1) is 11.3 Å². The summed E-state index contributed by atoms with van der Waals surface area (Å²) in [6.45, 7) is 1.86. The lowest BCUT2D eigenvalue weighted by atomic mass is 9.94. The lowest BCUT2D eigenvalue weighted by Gasteiger charge is -2.23. The third-order valence-electron chi connectivity index (χ3n) is 5.21. The predicted octanol–water partition coefficient (Wildman–Crippen LogP) is 2.96. The number of hydrogen-bond donors (Lipinski definition) is 3. The van der Waals surface area contributed by atoms with Crippen LogP contribution < -0.4 is 16.2 Å². The lowest BCUT2D eigenvalue weighted by molar-refractivity contribution is 0.103. The summed E-state index contributed by atoms with van der Waals surface area (Å²) in [6, 6.07) is 10.9. The summed E-state index contributed by atoms with van der Waals surface area (Å²) >= 11 is 1.39. The fourth-order valence-corrected chi connectivity index (χ4v) is 4.51. The Bertz CT molecular complexity index is 1220. The number of amides is 1. The van der Waals surface area contributed by atoms with E-state index in [0.717, 1.165) is 42.5 Å². The molecule has 4 heterocycles. The van der Waals surface area contributed by atoms with Crippen LogP contribution in [0.1, 0.15) is 34.1 Å². The Hall–Kier alpha value is -2.97. The van der Waals surface area contributed by atoms with E-state index < -0.39 is 0 Å². The van der Waals surface area contributed by atoms with Crippen molar-refractivity contribution < 1.29 is 4.79 Å². The zero-order valence-electron chi connectivity index (χ0n) is 15.1. The molecule has 0 radical (unpaired) electrons. The second-order valence-electron chi connectivity index (χ2n) is 6.97. The van der Waals surface area contributed by atoms with Gasteiger partial charge in [-0.25, -0.2) is 4.52 Å². The van der Waals surface area contributed by atoms with Gasteiger partial charge < -0.3 is 15.6 Å². The fourth-order valence-electron chi connectivity index (χ4n) is 3.89. The molecule has 3 aromatic heterocycles. The molecule has 1 fully saturated rings. The van der Waals surface area contributed by atoms with Crippen LogP contribution >= 0.6 is 11.3 Å². The Kier molecular flexibility index (Phi) is 4.22. The molecule has 0 unspecified atom stereocenters. The van der Waals surface area contributed by atoms with E-state index in [-0.39, 0.29) is 17.4 Å². The number of aromatic nitrogens is 3. The Morgan fingerprint density at radius 3 is 2.86 bits per heavy atom. The maximum atomic E-state index is 12.6. The second-order valence-corrected chi connectivity index (χ2v) is 7.92. The van der Waals surface area contributed by atoms with Crippen LogP contribution in [-0.4, -0.2) is 33.6 Å². The minimum absolute atomic E-state index is 0.151. The zero-order valence-corrected chi connectivity index (χ0v) is 15.9.